The highest BCUT2D eigenvalue weighted by molar-refractivity contribution is 6.13. The molecule has 2 aromatic heterocycles. The Morgan fingerprint density at radius 2 is 0.476 bits per heavy atom. The molecule has 0 atom stereocenters. The van der Waals surface area contributed by atoms with Gasteiger partial charge in [-0.25, -0.2) is 0 Å². The van der Waals surface area contributed by atoms with Crippen molar-refractivity contribution in [3.8, 4) is 78.1 Å². The summed E-state index contributed by atoms with van der Waals surface area (Å²) >= 11 is 0. The lowest BCUT2D eigenvalue weighted by atomic mass is 9.76. The van der Waals surface area contributed by atoms with Crippen LogP contribution < -0.4 is 0 Å². The van der Waals surface area contributed by atoms with Gasteiger partial charge in [-0.3, -0.25) is 0 Å². The summed E-state index contributed by atoms with van der Waals surface area (Å²) in [7, 11) is 0. The van der Waals surface area contributed by atoms with Gasteiger partial charge in [-0.1, -0.05) is 253 Å². The third-order valence-corrected chi connectivity index (χ3v) is 17.5. The molecule has 0 aliphatic heterocycles. The van der Waals surface area contributed by atoms with Crippen LogP contribution in [0.3, 0.4) is 0 Å². The predicted molar refractivity (Wildman–Crippen MR) is 363 cm³/mol. The molecule has 0 bridgehead atoms. The number of hydrogen-bond donors (Lipinski definition) is 0. The number of nitrogens with zero attached hydrogens (tertiary/aromatic N) is 2. The maximum atomic E-state index is 2.56. The summed E-state index contributed by atoms with van der Waals surface area (Å²) in [6.07, 6.45) is 0. The maximum Gasteiger partial charge on any atom is 0.0541 e. The van der Waals surface area contributed by atoms with Gasteiger partial charge < -0.3 is 9.13 Å². The summed E-state index contributed by atoms with van der Waals surface area (Å²) < 4.78 is 4.89. The molecule has 0 N–H and O–H groups in total. The van der Waals surface area contributed by atoms with Gasteiger partial charge in [0.1, 0.15) is 0 Å². The average molecular weight is 1090 g/mol. The fourth-order valence-electron chi connectivity index (χ4n) is 12.6. The van der Waals surface area contributed by atoms with Crippen LogP contribution in [0.25, 0.3) is 122 Å². The topological polar surface area (TPSA) is 9.86 Å². The van der Waals surface area contributed by atoms with Crippen LogP contribution in [-0.2, 0) is 21.7 Å². The highest BCUT2D eigenvalue weighted by Crippen LogP contribution is 2.48. The Labute approximate surface area is 497 Å². The first-order chi connectivity index (χ1) is 40.2. The Morgan fingerprint density at radius 1 is 0.202 bits per heavy atom. The van der Waals surface area contributed by atoms with E-state index < -0.39 is 0 Å². The Morgan fingerprint density at radius 3 is 0.810 bits per heavy atom. The molecular formula is C82H76N2. The highest BCUT2D eigenvalue weighted by atomic mass is 15.0. The van der Waals surface area contributed by atoms with E-state index in [1.807, 2.05) is 0 Å². The molecule has 2 heteroatoms. The molecule has 0 saturated heterocycles. The number of hydrogen-bond acceptors (Lipinski definition) is 0. The van der Waals surface area contributed by atoms with E-state index in [1.165, 1.54) is 133 Å². The van der Waals surface area contributed by atoms with E-state index in [0.29, 0.717) is 0 Å². The van der Waals surface area contributed by atoms with Crippen molar-refractivity contribution < 1.29 is 0 Å². The van der Waals surface area contributed by atoms with Crippen molar-refractivity contribution in [3.05, 3.63) is 265 Å². The van der Waals surface area contributed by atoms with E-state index in [1.54, 1.807) is 0 Å². The number of benzene rings is 11. The van der Waals surface area contributed by atoms with E-state index in [2.05, 4.69) is 335 Å². The summed E-state index contributed by atoms with van der Waals surface area (Å²) in [6, 6.07) is 91.8. The molecule has 13 aromatic rings. The summed E-state index contributed by atoms with van der Waals surface area (Å²) in [5, 5.41) is 4.92. The van der Waals surface area contributed by atoms with E-state index >= 15 is 0 Å². The van der Waals surface area contributed by atoms with Crippen LogP contribution in [0.1, 0.15) is 105 Å². The summed E-state index contributed by atoms with van der Waals surface area (Å²) in [6.45, 7) is 28.2. The molecular weight excluding hydrogens is 1010 g/mol. The van der Waals surface area contributed by atoms with Crippen molar-refractivity contribution in [2.45, 2.75) is 105 Å². The van der Waals surface area contributed by atoms with Crippen molar-refractivity contribution in [1.82, 2.24) is 9.13 Å². The molecule has 0 radical (unpaired) electrons. The first-order valence-corrected chi connectivity index (χ1v) is 30.1. The number of aromatic nitrogens is 2. The zero-order valence-electron chi connectivity index (χ0n) is 51.0. The minimum absolute atomic E-state index is 0.0865. The monoisotopic (exact) mass is 1090 g/mol. The fraction of sp³-hybridized carbons (Fsp3) is 0.195. The van der Waals surface area contributed by atoms with Gasteiger partial charge >= 0.3 is 0 Å². The summed E-state index contributed by atoms with van der Waals surface area (Å²) in [5.74, 6) is 0. The second-order valence-electron chi connectivity index (χ2n) is 27.5. The summed E-state index contributed by atoms with van der Waals surface area (Å²) in [4.78, 5) is 0. The lowest BCUT2D eigenvalue weighted by Gasteiger charge is -2.28. The first kappa shape index (κ1) is 54.3. The van der Waals surface area contributed by atoms with Gasteiger partial charge in [0.25, 0.3) is 0 Å². The van der Waals surface area contributed by atoms with Crippen LogP contribution in [0.2, 0.25) is 0 Å². The highest BCUT2D eigenvalue weighted by Gasteiger charge is 2.27. The maximum absolute atomic E-state index is 2.56. The van der Waals surface area contributed by atoms with Gasteiger partial charge in [0.2, 0.25) is 0 Å². The van der Waals surface area contributed by atoms with Crippen molar-refractivity contribution in [3.63, 3.8) is 0 Å². The van der Waals surface area contributed by atoms with E-state index in [9.17, 15) is 0 Å². The molecule has 2 nitrogen and oxygen atoms in total. The molecule has 0 amide bonds. The van der Waals surface area contributed by atoms with Gasteiger partial charge in [0.15, 0.2) is 0 Å². The second kappa shape index (κ2) is 20.4. The largest absolute Gasteiger partial charge is 0.309 e. The Hall–Kier alpha value is -8.98. The normalized spacial score (nSPS) is 12.5. The predicted octanol–water partition coefficient (Wildman–Crippen LogP) is 23.1. The molecule has 0 saturated carbocycles. The molecule has 0 spiro atoms. The van der Waals surface area contributed by atoms with Crippen molar-refractivity contribution in [1.29, 1.82) is 0 Å². The van der Waals surface area contributed by atoms with Crippen LogP contribution in [0, 0.1) is 0 Å². The number of para-hydroxylation sites is 2. The van der Waals surface area contributed by atoms with Crippen molar-refractivity contribution in [2.75, 3.05) is 0 Å². The van der Waals surface area contributed by atoms with Crippen LogP contribution in [0.4, 0.5) is 0 Å². The second-order valence-corrected chi connectivity index (χ2v) is 27.5. The molecule has 0 fully saturated rings. The van der Waals surface area contributed by atoms with Crippen LogP contribution in [0.5, 0.6) is 0 Å². The van der Waals surface area contributed by atoms with E-state index in [4.69, 9.17) is 0 Å². The number of rotatable bonds is 8. The zero-order valence-corrected chi connectivity index (χ0v) is 51.0. The molecule has 0 aliphatic rings. The molecule has 84 heavy (non-hydrogen) atoms. The van der Waals surface area contributed by atoms with Gasteiger partial charge in [-0.05, 0) is 183 Å². The van der Waals surface area contributed by atoms with Gasteiger partial charge in [-0.15, -0.1) is 0 Å². The third kappa shape index (κ3) is 9.96. The third-order valence-electron chi connectivity index (χ3n) is 17.5. The average Bonchev–Trinajstić information content (AvgIpc) is 1.75. The Kier molecular flexibility index (Phi) is 13.2. The minimum Gasteiger partial charge on any atom is -0.309 e. The molecule has 0 aliphatic carbocycles. The van der Waals surface area contributed by atoms with Gasteiger partial charge in [0.05, 0.1) is 22.1 Å². The molecule has 13 rings (SSSR count). The van der Waals surface area contributed by atoms with Crippen LogP contribution in [-0.4, -0.2) is 9.13 Å². The Balaban J connectivity index is 1.09. The molecule has 414 valence electrons. The quantitative estimate of drug-likeness (QED) is 0.144. The first-order valence-electron chi connectivity index (χ1n) is 30.1. The number of fused-ring (bicyclic) bond motifs is 6. The molecule has 2 heterocycles. The standard InChI is InChI=1S/C82H76N2/c1-79(2,3)61-43-59(44-62(49-61)80(4,5)6)71-51-70(58-36-42-78-74(48-58)68-28-20-22-30-76(68)84(78)66-39-33-56(34-40-66)54-25-17-14-18-26-54)72(60-45-63(81(7,8)9)50-64(46-60)82(10,11)12)52-69(71)57-35-41-77-73(47-57)67-27-19-21-29-75(67)83(77)65-37-31-55(32-38-65)53-23-15-13-16-24-53/h13-52H,1-12H3. The smallest absolute Gasteiger partial charge is 0.0541 e. The fourth-order valence-corrected chi connectivity index (χ4v) is 12.6. The van der Waals surface area contributed by atoms with Gasteiger partial charge in [-0.2, -0.15) is 0 Å². The van der Waals surface area contributed by atoms with Crippen LogP contribution >= 0.6 is 0 Å². The van der Waals surface area contributed by atoms with Crippen molar-refractivity contribution in [2.24, 2.45) is 0 Å². The molecule has 11 aromatic carbocycles. The minimum atomic E-state index is -0.0865. The van der Waals surface area contributed by atoms with E-state index in [0.717, 1.165) is 11.4 Å². The lowest BCUT2D eigenvalue weighted by Crippen LogP contribution is -2.16. The van der Waals surface area contributed by atoms with E-state index in [-0.39, 0.29) is 21.7 Å². The van der Waals surface area contributed by atoms with Crippen LogP contribution in [0.15, 0.2) is 243 Å². The SMILES string of the molecule is CC(C)(C)c1cc(-c2cc(-c3ccc4c(c3)c3ccccc3n4-c3ccc(-c4ccccc4)cc3)c(-c3cc(C(C)(C)C)cc(C(C)(C)C)c3)cc2-c2ccc3c(c2)c2ccccc2n3-c2ccc(-c3ccccc3)cc2)cc(C(C)(C)C)c1. The zero-order chi connectivity index (χ0) is 58.5. The summed E-state index contributed by atoms with van der Waals surface area (Å²) in [5.41, 5.74) is 26.5. The Bertz CT molecular complexity index is 4270. The lowest BCUT2D eigenvalue weighted by molar-refractivity contribution is 0.568. The van der Waals surface area contributed by atoms with Gasteiger partial charge in [0, 0.05) is 32.9 Å². The molecule has 0 unspecified atom stereocenters. The van der Waals surface area contributed by atoms with Crippen molar-refractivity contribution >= 4 is 43.6 Å².